The minimum absolute atomic E-state index is 0.0268. The molecule has 1 fully saturated rings. The summed E-state index contributed by atoms with van der Waals surface area (Å²) in [6, 6.07) is 4.39. The molecule has 1 aliphatic carbocycles. The Balaban J connectivity index is 1.91. The standard InChI is InChI=1S/C19H32N4OS/c1-18(2,3)23-16(24)13-21-17(20-4)22-14-19(10-6-5-7-11-19)15-9-8-12-25-15/h8-9,12H,5-7,10-11,13-14H2,1-4H3,(H,23,24)(H2,20,21,22). The summed E-state index contributed by atoms with van der Waals surface area (Å²) in [6.45, 7) is 7.01. The SMILES string of the molecule is CN=C(NCC(=O)NC(C)(C)C)NCC1(c2cccs2)CCCCC1. The van der Waals surface area contributed by atoms with Crippen LogP contribution in [0.1, 0.15) is 57.8 Å². The minimum Gasteiger partial charge on any atom is -0.355 e. The second kappa shape index (κ2) is 8.70. The van der Waals surface area contributed by atoms with Crippen molar-refractivity contribution in [2.24, 2.45) is 4.99 Å². The molecule has 1 aliphatic rings. The Hall–Kier alpha value is -1.56. The summed E-state index contributed by atoms with van der Waals surface area (Å²) >= 11 is 1.85. The largest absolute Gasteiger partial charge is 0.355 e. The first-order valence-electron chi connectivity index (χ1n) is 9.14. The number of aliphatic imine (C=N–C) groups is 1. The third-order valence-corrected chi connectivity index (χ3v) is 5.72. The molecular formula is C19H32N4OS. The highest BCUT2D eigenvalue weighted by Crippen LogP contribution is 2.41. The number of rotatable bonds is 5. The molecule has 0 radical (unpaired) electrons. The van der Waals surface area contributed by atoms with E-state index in [-0.39, 0.29) is 23.4 Å². The maximum Gasteiger partial charge on any atom is 0.239 e. The van der Waals surface area contributed by atoms with Crippen molar-refractivity contribution in [2.75, 3.05) is 20.1 Å². The van der Waals surface area contributed by atoms with Crippen molar-refractivity contribution in [1.29, 1.82) is 0 Å². The van der Waals surface area contributed by atoms with Crippen LogP contribution in [0.2, 0.25) is 0 Å². The van der Waals surface area contributed by atoms with Crippen LogP contribution in [0, 0.1) is 0 Å². The number of thiophene rings is 1. The topological polar surface area (TPSA) is 65.5 Å². The molecule has 6 heteroatoms. The highest BCUT2D eigenvalue weighted by atomic mass is 32.1. The van der Waals surface area contributed by atoms with E-state index < -0.39 is 0 Å². The average molecular weight is 365 g/mol. The van der Waals surface area contributed by atoms with Gasteiger partial charge in [-0.25, -0.2) is 0 Å². The Kier molecular flexibility index (Phi) is 6.87. The van der Waals surface area contributed by atoms with Crippen LogP contribution < -0.4 is 16.0 Å². The number of guanidine groups is 1. The first-order chi connectivity index (χ1) is 11.8. The monoisotopic (exact) mass is 364 g/mol. The van der Waals surface area contributed by atoms with Gasteiger partial charge < -0.3 is 16.0 Å². The Morgan fingerprint density at radius 1 is 1.24 bits per heavy atom. The van der Waals surface area contributed by atoms with Crippen molar-refractivity contribution in [1.82, 2.24) is 16.0 Å². The molecule has 1 heterocycles. The van der Waals surface area contributed by atoms with E-state index in [0.29, 0.717) is 5.96 Å². The van der Waals surface area contributed by atoms with Crippen LogP contribution in [-0.4, -0.2) is 37.5 Å². The van der Waals surface area contributed by atoms with Crippen LogP contribution in [-0.2, 0) is 10.2 Å². The molecule has 140 valence electrons. The maximum absolute atomic E-state index is 12.0. The lowest BCUT2D eigenvalue weighted by atomic mass is 9.73. The van der Waals surface area contributed by atoms with Crippen LogP contribution in [0.3, 0.4) is 0 Å². The summed E-state index contributed by atoms with van der Waals surface area (Å²) in [6.07, 6.45) is 6.30. The molecule has 0 aliphatic heterocycles. The number of nitrogens with one attached hydrogen (secondary N) is 3. The van der Waals surface area contributed by atoms with Gasteiger partial charge in [0.2, 0.25) is 5.91 Å². The Morgan fingerprint density at radius 3 is 2.52 bits per heavy atom. The number of carbonyl (C=O) groups is 1. The van der Waals surface area contributed by atoms with E-state index >= 15 is 0 Å². The predicted molar refractivity (Wildman–Crippen MR) is 106 cm³/mol. The first kappa shape index (κ1) is 19.8. The van der Waals surface area contributed by atoms with Gasteiger partial charge in [0.1, 0.15) is 0 Å². The Morgan fingerprint density at radius 2 is 1.96 bits per heavy atom. The van der Waals surface area contributed by atoms with Crippen molar-refractivity contribution >= 4 is 23.2 Å². The zero-order valence-electron chi connectivity index (χ0n) is 15.9. The lowest BCUT2D eigenvalue weighted by molar-refractivity contribution is -0.121. The smallest absolute Gasteiger partial charge is 0.239 e. The molecule has 1 aromatic rings. The first-order valence-corrected chi connectivity index (χ1v) is 10.0. The molecule has 0 spiro atoms. The second-order valence-corrected chi connectivity index (χ2v) is 8.84. The van der Waals surface area contributed by atoms with E-state index in [4.69, 9.17) is 0 Å². The summed E-state index contributed by atoms with van der Waals surface area (Å²) in [4.78, 5) is 17.7. The van der Waals surface area contributed by atoms with Gasteiger partial charge in [-0.05, 0) is 45.1 Å². The van der Waals surface area contributed by atoms with Gasteiger partial charge in [-0.15, -0.1) is 11.3 Å². The van der Waals surface area contributed by atoms with Gasteiger partial charge >= 0.3 is 0 Å². The zero-order valence-corrected chi connectivity index (χ0v) is 16.8. The van der Waals surface area contributed by atoms with Crippen LogP contribution in [0.4, 0.5) is 0 Å². The van der Waals surface area contributed by atoms with Gasteiger partial charge in [-0.3, -0.25) is 9.79 Å². The molecular weight excluding hydrogens is 332 g/mol. The third kappa shape index (κ3) is 6.03. The summed E-state index contributed by atoms with van der Waals surface area (Å²) < 4.78 is 0. The summed E-state index contributed by atoms with van der Waals surface area (Å²) in [7, 11) is 1.75. The maximum atomic E-state index is 12.0. The number of amides is 1. The van der Waals surface area contributed by atoms with Crippen LogP contribution in [0.25, 0.3) is 0 Å². The molecule has 0 bridgehead atoms. The highest BCUT2D eigenvalue weighted by molar-refractivity contribution is 7.10. The molecule has 1 amide bonds. The molecule has 3 N–H and O–H groups in total. The molecule has 0 saturated heterocycles. The number of carbonyl (C=O) groups excluding carboxylic acids is 1. The van der Waals surface area contributed by atoms with Crippen LogP contribution in [0.5, 0.6) is 0 Å². The molecule has 25 heavy (non-hydrogen) atoms. The number of nitrogens with zero attached hydrogens (tertiary/aromatic N) is 1. The van der Waals surface area contributed by atoms with E-state index in [1.54, 1.807) is 7.05 Å². The molecule has 2 rings (SSSR count). The zero-order chi connectivity index (χ0) is 18.3. The quantitative estimate of drug-likeness (QED) is 0.556. The lowest BCUT2D eigenvalue weighted by Gasteiger charge is -2.37. The van der Waals surface area contributed by atoms with Gasteiger partial charge in [-0.2, -0.15) is 0 Å². The fraction of sp³-hybridized carbons (Fsp3) is 0.684. The Bertz CT molecular complexity index is 569. The average Bonchev–Trinajstić information content (AvgIpc) is 3.09. The van der Waals surface area contributed by atoms with Crippen LogP contribution in [0.15, 0.2) is 22.5 Å². The van der Waals surface area contributed by atoms with E-state index in [0.717, 1.165) is 6.54 Å². The minimum atomic E-state index is -0.221. The Labute approximate surface area is 155 Å². The summed E-state index contributed by atoms with van der Waals surface area (Å²) in [5.74, 6) is 0.659. The van der Waals surface area contributed by atoms with E-state index in [9.17, 15) is 4.79 Å². The van der Waals surface area contributed by atoms with Crippen molar-refractivity contribution in [3.05, 3.63) is 22.4 Å². The van der Waals surface area contributed by atoms with Crippen molar-refractivity contribution in [2.45, 2.75) is 63.8 Å². The van der Waals surface area contributed by atoms with Gasteiger partial charge in [0.05, 0.1) is 6.54 Å². The fourth-order valence-electron chi connectivity index (χ4n) is 3.42. The lowest BCUT2D eigenvalue weighted by Crippen LogP contribution is -2.50. The molecule has 0 aromatic carbocycles. The molecule has 1 aromatic heterocycles. The van der Waals surface area contributed by atoms with Crippen molar-refractivity contribution in [3.8, 4) is 0 Å². The van der Waals surface area contributed by atoms with Crippen LogP contribution >= 0.6 is 11.3 Å². The number of hydrogen-bond donors (Lipinski definition) is 3. The molecule has 0 atom stereocenters. The summed E-state index contributed by atoms with van der Waals surface area (Å²) in [5.41, 5.74) is -0.0290. The highest BCUT2D eigenvalue weighted by Gasteiger charge is 2.34. The van der Waals surface area contributed by atoms with Gasteiger partial charge in [0.25, 0.3) is 0 Å². The predicted octanol–water partition coefficient (Wildman–Crippen LogP) is 3.03. The molecule has 0 unspecified atom stereocenters. The molecule has 1 saturated carbocycles. The van der Waals surface area contributed by atoms with E-state index in [1.165, 1.54) is 37.0 Å². The van der Waals surface area contributed by atoms with E-state index in [1.807, 2.05) is 32.1 Å². The van der Waals surface area contributed by atoms with Gasteiger partial charge in [0.15, 0.2) is 5.96 Å². The van der Waals surface area contributed by atoms with Gasteiger partial charge in [-0.1, -0.05) is 25.3 Å². The number of hydrogen-bond acceptors (Lipinski definition) is 3. The molecule has 5 nitrogen and oxygen atoms in total. The van der Waals surface area contributed by atoms with Crippen molar-refractivity contribution in [3.63, 3.8) is 0 Å². The van der Waals surface area contributed by atoms with E-state index in [2.05, 4.69) is 38.5 Å². The van der Waals surface area contributed by atoms with Gasteiger partial charge in [0, 0.05) is 29.4 Å². The van der Waals surface area contributed by atoms with Crippen molar-refractivity contribution < 1.29 is 4.79 Å². The second-order valence-electron chi connectivity index (χ2n) is 7.90. The summed E-state index contributed by atoms with van der Waals surface area (Å²) in [5, 5.41) is 11.7. The third-order valence-electron chi connectivity index (χ3n) is 4.60. The normalized spacial score (nSPS) is 17.8. The fourth-order valence-corrected chi connectivity index (χ4v) is 4.41.